The maximum Gasteiger partial charge on any atom is 0.358 e. The van der Waals surface area contributed by atoms with Gasteiger partial charge in [-0.05, 0) is 44.4 Å². The molecule has 0 bridgehead atoms. The standard InChI is InChI=1S/C16H24N2O4/c19-16(20)15-14(22-13-4-2-1-3-5-13)10-17-18(15)11-12-6-8-21-9-7-12/h10,12-13H,1-9,11H2,(H,19,20). The zero-order chi connectivity index (χ0) is 15.4. The monoisotopic (exact) mass is 308 g/mol. The molecule has 2 heterocycles. The van der Waals surface area contributed by atoms with Crippen molar-refractivity contribution >= 4 is 5.97 Å². The van der Waals surface area contributed by atoms with Crippen LogP contribution in [-0.2, 0) is 11.3 Å². The van der Waals surface area contributed by atoms with Crippen LogP contribution in [0.2, 0.25) is 0 Å². The Balaban J connectivity index is 1.71. The van der Waals surface area contributed by atoms with E-state index in [4.69, 9.17) is 9.47 Å². The van der Waals surface area contributed by atoms with Gasteiger partial charge in [-0.2, -0.15) is 5.10 Å². The molecule has 0 atom stereocenters. The summed E-state index contributed by atoms with van der Waals surface area (Å²) in [5.74, 6) is -0.115. The molecule has 0 aromatic carbocycles. The molecule has 0 amide bonds. The van der Waals surface area contributed by atoms with Crippen molar-refractivity contribution < 1.29 is 19.4 Å². The van der Waals surface area contributed by atoms with Gasteiger partial charge in [-0.25, -0.2) is 4.79 Å². The van der Waals surface area contributed by atoms with E-state index in [1.54, 1.807) is 10.9 Å². The molecule has 3 rings (SSSR count). The maximum atomic E-state index is 11.6. The molecule has 0 unspecified atom stereocenters. The second-order valence-corrected chi connectivity index (χ2v) is 6.28. The smallest absolute Gasteiger partial charge is 0.358 e. The van der Waals surface area contributed by atoms with Gasteiger partial charge in [0.2, 0.25) is 0 Å². The van der Waals surface area contributed by atoms with Crippen LogP contribution in [0, 0.1) is 5.92 Å². The lowest BCUT2D eigenvalue weighted by atomic mass is 9.98. The van der Waals surface area contributed by atoms with Crippen LogP contribution in [0.15, 0.2) is 6.20 Å². The maximum absolute atomic E-state index is 11.6. The van der Waals surface area contributed by atoms with E-state index in [0.717, 1.165) is 51.7 Å². The number of hydrogen-bond donors (Lipinski definition) is 1. The number of aromatic nitrogens is 2. The molecule has 2 fully saturated rings. The summed E-state index contributed by atoms with van der Waals surface area (Å²) in [5.41, 5.74) is 0.192. The van der Waals surface area contributed by atoms with Crippen LogP contribution in [0.25, 0.3) is 0 Å². The average Bonchev–Trinajstić information content (AvgIpc) is 2.92. The van der Waals surface area contributed by atoms with Gasteiger partial charge in [-0.15, -0.1) is 0 Å². The molecule has 6 heteroatoms. The first-order valence-corrected chi connectivity index (χ1v) is 8.27. The highest BCUT2D eigenvalue weighted by Gasteiger charge is 2.25. The third-order valence-corrected chi connectivity index (χ3v) is 4.63. The summed E-state index contributed by atoms with van der Waals surface area (Å²) >= 11 is 0. The van der Waals surface area contributed by atoms with Crippen molar-refractivity contribution in [1.82, 2.24) is 9.78 Å². The van der Waals surface area contributed by atoms with Crippen LogP contribution >= 0.6 is 0 Å². The van der Waals surface area contributed by atoms with Crippen LogP contribution in [0.3, 0.4) is 0 Å². The van der Waals surface area contributed by atoms with E-state index in [2.05, 4.69) is 5.10 Å². The first kappa shape index (κ1) is 15.3. The number of hydrogen-bond acceptors (Lipinski definition) is 4. The average molecular weight is 308 g/mol. The van der Waals surface area contributed by atoms with Crippen LogP contribution in [0.5, 0.6) is 5.75 Å². The van der Waals surface area contributed by atoms with E-state index < -0.39 is 5.97 Å². The summed E-state index contributed by atoms with van der Waals surface area (Å²) in [6, 6.07) is 0. The molecule has 1 aliphatic carbocycles. The molecule has 1 N–H and O–H groups in total. The second-order valence-electron chi connectivity index (χ2n) is 6.28. The van der Waals surface area contributed by atoms with Crippen molar-refractivity contribution in [3.8, 4) is 5.75 Å². The van der Waals surface area contributed by atoms with Gasteiger partial charge in [0.15, 0.2) is 11.4 Å². The molecule has 22 heavy (non-hydrogen) atoms. The van der Waals surface area contributed by atoms with E-state index in [-0.39, 0.29) is 11.8 Å². The Morgan fingerprint density at radius 3 is 2.68 bits per heavy atom. The largest absolute Gasteiger partial charge is 0.486 e. The fourth-order valence-electron chi connectivity index (χ4n) is 3.34. The Morgan fingerprint density at radius 1 is 1.27 bits per heavy atom. The highest BCUT2D eigenvalue weighted by atomic mass is 16.5. The first-order chi connectivity index (χ1) is 10.7. The summed E-state index contributed by atoms with van der Waals surface area (Å²) < 4.78 is 12.9. The predicted octanol–water partition coefficient (Wildman–Crippen LogP) is 2.72. The summed E-state index contributed by atoms with van der Waals surface area (Å²) in [7, 11) is 0. The van der Waals surface area contributed by atoms with Crippen LogP contribution < -0.4 is 4.74 Å². The molecular formula is C16H24N2O4. The van der Waals surface area contributed by atoms with Crippen molar-refractivity contribution in [2.75, 3.05) is 13.2 Å². The molecular weight excluding hydrogens is 284 g/mol. The Hall–Kier alpha value is -1.56. The molecule has 2 aliphatic rings. The van der Waals surface area contributed by atoms with Gasteiger partial charge in [0.1, 0.15) is 0 Å². The van der Waals surface area contributed by atoms with Gasteiger partial charge < -0.3 is 14.6 Å². The highest BCUT2D eigenvalue weighted by Crippen LogP contribution is 2.27. The number of carboxylic acids is 1. The van der Waals surface area contributed by atoms with Crippen molar-refractivity contribution in [2.24, 2.45) is 5.92 Å². The molecule has 1 aromatic heterocycles. The Kier molecular flexibility index (Phi) is 4.97. The lowest BCUT2D eigenvalue weighted by Crippen LogP contribution is -2.24. The normalized spacial score (nSPS) is 20.9. The van der Waals surface area contributed by atoms with Gasteiger partial charge in [0, 0.05) is 19.8 Å². The quantitative estimate of drug-likeness (QED) is 0.905. The highest BCUT2D eigenvalue weighted by molar-refractivity contribution is 5.88. The number of nitrogens with zero attached hydrogens (tertiary/aromatic N) is 2. The summed E-state index contributed by atoms with van der Waals surface area (Å²) in [6.45, 7) is 2.12. The van der Waals surface area contributed by atoms with Gasteiger partial charge >= 0.3 is 5.97 Å². The topological polar surface area (TPSA) is 73.6 Å². The molecule has 1 saturated heterocycles. The number of rotatable bonds is 5. The Morgan fingerprint density at radius 2 is 2.00 bits per heavy atom. The SMILES string of the molecule is O=C(O)c1c(OC2CCCCC2)cnn1CC1CCOCC1. The second kappa shape index (κ2) is 7.13. The van der Waals surface area contributed by atoms with E-state index in [9.17, 15) is 9.90 Å². The summed E-state index contributed by atoms with van der Waals surface area (Å²) in [6.07, 6.45) is 9.18. The molecule has 1 aromatic rings. The van der Waals surface area contributed by atoms with Gasteiger partial charge in [-0.3, -0.25) is 4.68 Å². The van der Waals surface area contributed by atoms with Crippen LogP contribution in [0.4, 0.5) is 0 Å². The van der Waals surface area contributed by atoms with Crippen molar-refractivity contribution in [3.05, 3.63) is 11.9 Å². The molecule has 6 nitrogen and oxygen atoms in total. The van der Waals surface area contributed by atoms with Gasteiger partial charge in [0.05, 0.1) is 12.3 Å². The summed E-state index contributed by atoms with van der Waals surface area (Å²) in [4.78, 5) is 11.6. The van der Waals surface area contributed by atoms with Crippen molar-refractivity contribution in [2.45, 2.75) is 57.6 Å². The first-order valence-electron chi connectivity index (χ1n) is 8.27. The van der Waals surface area contributed by atoms with Crippen LogP contribution in [0.1, 0.15) is 55.4 Å². The number of ether oxygens (including phenoxy) is 2. The minimum Gasteiger partial charge on any atom is -0.486 e. The lowest BCUT2D eigenvalue weighted by molar-refractivity contribution is 0.0576. The molecule has 1 aliphatic heterocycles. The predicted molar refractivity (Wildman–Crippen MR) is 80.2 cm³/mol. The fraction of sp³-hybridized carbons (Fsp3) is 0.750. The van der Waals surface area contributed by atoms with Crippen molar-refractivity contribution in [1.29, 1.82) is 0 Å². The van der Waals surface area contributed by atoms with Gasteiger partial charge in [0.25, 0.3) is 0 Å². The molecule has 122 valence electrons. The number of carbonyl (C=O) groups is 1. The molecule has 1 saturated carbocycles. The molecule has 0 spiro atoms. The summed E-state index contributed by atoms with van der Waals surface area (Å²) in [5, 5.41) is 13.8. The van der Waals surface area contributed by atoms with Gasteiger partial charge in [-0.1, -0.05) is 6.42 Å². The van der Waals surface area contributed by atoms with Crippen LogP contribution in [-0.4, -0.2) is 40.2 Å². The molecule has 0 radical (unpaired) electrons. The fourth-order valence-corrected chi connectivity index (χ4v) is 3.34. The number of carboxylic acid groups (broad SMARTS) is 1. The van der Waals surface area contributed by atoms with E-state index >= 15 is 0 Å². The zero-order valence-corrected chi connectivity index (χ0v) is 12.9. The van der Waals surface area contributed by atoms with E-state index in [1.165, 1.54) is 6.42 Å². The Bertz CT molecular complexity index is 465. The third kappa shape index (κ3) is 3.61. The van der Waals surface area contributed by atoms with Crippen molar-refractivity contribution in [3.63, 3.8) is 0 Å². The van der Waals surface area contributed by atoms with E-state index in [0.29, 0.717) is 18.2 Å². The third-order valence-electron chi connectivity index (χ3n) is 4.63. The Labute approximate surface area is 130 Å². The zero-order valence-electron chi connectivity index (χ0n) is 12.9. The number of aromatic carboxylic acids is 1. The minimum absolute atomic E-state index is 0.132. The minimum atomic E-state index is -0.963. The van der Waals surface area contributed by atoms with E-state index in [1.807, 2.05) is 0 Å². The lowest BCUT2D eigenvalue weighted by Gasteiger charge is -2.23.